The molecule has 0 radical (unpaired) electrons. The summed E-state index contributed by atoms with van der Waals surface area (Å²) in [7, 11) is 0. The number of hydrogen-bond donors (Lipinski definition) is 1. The number of amides is 1. The van der Waals surface area contributed by atoms with Crippen LogP contribution in [0.2, 0.25) is 0 Å². The summed E-state index contributed by atoms with van der Waals surface area (Å²) in [6, 6.07) is 15.6. The van der Waals surface area contributed by atoms with Crippen LogP contribution in [-0.2, 0) is 24.1 Å². The van der Waals surface area contributed by atoms with E-state index in [9.17, 15) is 4.79 Å². The van der Waals surface area contributed by atoms with Crippen molar-refractivity contribution in [3.8, 4) is 0 Å². The molecule has 1 amide bonds. The van der Waals surface area contributed by atoms with Crippen molar-refractivity contribution in [3.05, 3.63) is 71.5 Å². The zero-order valence-electron chi connectivity index (χ0n) is 13.8. The van der Waals surface area contributed by atoms with Crippen LogP contribution in [0.3, 0.4) is 0 Å². The Labute approximate surface area is 145 Å². The zero-order chi connectivity index (χ0) is 17.1. The molecule has 0 fully saturated rings. The molecule has 126 valence electrons. The van der Waals surface area contributed by atoms with Crippen LogP contribution < -0.4 is 5.32 Å². The van der Waals surface area contributed by atoms with Crippen LogP contribution in [0.5, 0.6) is 0 Å². The molecule has 0 aliphatic heterocycles. The van der Waals surface area contributed by atoms with E-state index in [0.717, 1.165) is 24.1 Å². The Bertz CT molecular complexity index is 861. The predicted octanol–water partition coefficient (Wildman–Crippen LogP) is 2.58. The molecule has 6 heteroatoms. The molecule has 1 aliphatic rings. The number of carbonyl (C=O) groups is 1. The van der Waals surface area contributed by atoms with Crippen molar-refractivity contribution in [3.63, 3.8) is 0 Å². The molecule has 3 aromatic rings. The molecule has 25 heavy (non-hydrogen) atoms. The second kappa shape index (κ2) is 6.84. The molecule has 1 unspecified atom stereocenters. The fraction of sp³-hybridized carbons (Fsp3) is 0.263. The van der Waals surface area contributed by atoms with Gasteiger partial charge in [0.2, 0.25) is 5.91 Å². The third kappa shape index (κ3) is 3.42. The molecule has 6 nitrogen and oxygen atoms in total. The monoisotopic (exact) mass is 333 g/mol. The Balaban J connectivity index is 1.55. The molecule has 0 saturated heterocycles. The van der Waals surface area contributed by atoms with E-state index in [4.69, 9.17) is 0 Å². The van der Waals surface area contributed by atoms with Gasteiger partial charge < -0.3 is 5.32 Å². The normalized spacial score (nSPS) is 14.1. The van der Waals surface area contributed by atoms with Crippen molar-refractivity contribution in [1.29, 1.82) is 0 Å². The maximum atomic E-state index is 12.9. The lowest BCUT2D eigenvalue weighted by molar-refractivity contribution is -0.119. The molecule has 1 aliphatic carbocycles. The van der Waals surface area contributed by atoms with Gasteiger partial charge in [0.25, 0.3) is 0 Å². The first kappa shape index (κ1) is 15.5. The standard InChI is InChI=1S/C19H19N5O/c25-19(21-17-10-9-15-7-4-8-16(15)12-17)18(24-13-20-22-23-24)11-14-5-2-1-3-6-14/h1-3,5-6,9-10,12-13,18H,4,7-8,11H2,(H,21,25). The van der Waals surface area contributed by atoms with Crippen molar-refractivity contribution in [2.24, 2.45) is 0 Å². The van der Waals surface area contributed by atoms with E-state index in [-0.39, 0.29) is 5.91 Å². The molecule has 0 saturated carbocycles. The van der Waals surface area contributed by atoms with Gasteiger partial charge >= 0.3 is 0 Å². The average Bonchev–Trinajstić information content (AvgIpc) is 3.31. The summed E-state index contributed by atoms with van der Waals surface area (Å²) in [5, 5.41) is 14.3. The summed E-state index contributed by atoms with van der Waals surface area (Å²) in [5.41, 5.74) is 4.61. The molecule has 1 N–H and O–H groups in total. The number of carbonyl (C=O) groups excluding carboxylic acids is 1. The fourth-order valence-corrected chi connectivity index (χ4v) is 3.33. The first-order valence-electron chi connectivity index (χ1n) is 8.49. The Morgan fingerprint density at radius 2 is 1.96 bits per heavy atom. The highest BCUT2D eigenvalue weighted by atomic mass is 16.2. The summed E-state index contributed by atoms with van der Waals surface area (Å²) >= 11 is 0. The van der Waals surface area contributed by atoms with Crippen LogP contribution in [-0.4, -0.2) is 26.1 Å². The largest absolute Gasteiger partial charge is 0.324 e. The number of benzene rings is 2. The molecule has 2 aromatic carbocycles. The second-order valence-electron chi connectivity index (χ2n) is 6.32. The van der Waals surface area contributed by atoms with Gasteiger partial charge in [-0.15, -0.1) is 5.10 Å². The maximum Gasteiger partial charge on any atom is 0.249 e. The van der Waals surface area contributed by atoms with E-state index in [1.165, 1.54) is 28.6 Å². The minimum absolute atomic E-state index is 0.117. The van der Waals surface area contributed by atoms with Crippen LogP contribution in [0.25, 0.3) is 0 Å². The highest BCUT2D eigenvalue weighted by molar-refractivity contribution is 5.94. The summed E-state index contributed by atoms with van der Waals surface area (Å²) in [6.07, 6.45) is 5.41. The van der Waals surface area contributed by atoms with Crippen LogP contribution in [0, 0.1) is 0 Å². The van der Waals surface area contributed by atoms with Gasteiger partial charge in [0.1, 0.15) is 12.4 Å². The van der Waals surface area contributed by atoms with Gasteiger partial charge in [0, 0.05) is 12.1 Å². The topological polar surface area (TPSA) is 72.7 Å². The van der Waals surface area contributed by atoms with Gasteiger partial charge in [-0.2, -0.15) is 0 Å². The van der Waals surface area contributed by atoms with Gasteiger partial charge in [-0.1, -0.05) is 36.4 Å². The minimum atomic E-state index is -0.495. The van der Waals surface area contributed by atoms with Gasteiger partial charge in [-0.3, -0.25) is 4.79 Å². The van der Waals surface area contributed by atoms with E-state index in [0.29, 0.717) is 6.42 Å². The molecular formula is C19H19N5O. The van der Waals surface area contributed by atoms with Crippen molar-refractivity contribution in [2.75, 3.05) is 5.32 Å². The first-order chi connectivity index (χ1) is 12.3. The third-order valence-corrected chi connectivity index (χ3v) is 4.62. The fourth-order valence-electron chi connectivity index (χ4n) is 3.33. The molecule has 1 atom stereocenters. The summed E-state index contributed by atoms with van der Waals surface area (Å²) in [5.74, 6) is -0.117. The third-order valence-electron chi connectivity index (χ3n) is 4.62. The van der Waals surface area contributed by atoms with Gasteiger partial charge in [-0.05, 0) is 58.5 Å². The lowest BCUT2D eigenvalue weighted by Crippen LogP contribution is -2.28. The average molecular weight is 333 g/mol. The summed E-state index contributed by atoms with van der Waals surface area (Å²) in [4.78, 5) is 12.9. The minimum Gasteiger partial charge on any atom is -0.324 e. The molecule has 1 aromatic heterocycles. The van der Waals surface area contributed by atoms with E-state index in [2.05, 4.69) is 33.0 Å². The van der Waals surface area contributed by atoms with Crippen LogP contribution in [0.15, 0.2) is 54.9 Å². The Kier molecular flexibility index (Phi) is 4.24. The Morgan fingerprint density at radius 3 is 2.76 bits per heavy atom. The number of fused-ring (bicyclic) bond motifs is 1. The Hall–Kier alpha value is -3.02. The van der Waals surface area contributed by atoms with E-state index in [1.807, 2.05) is 36.4 Å². The van der Waals surface area contributed by atoms with E-state index in [1.54, 1.807) is 0 Å². The van der Waals surface area contributed by atoms with Crippen molar-refractivity contribution < 1.29 is 4.79 Å². The van der Waals surface area contributed by atoms with Gasteiger partial charge in [-0.25, -0.2) is 4.68 Å². The molecule has 1 heterocycles. The molecular weight excluding hydrogens is 314 g/mol. The number of aryl methyl sites for hydroxylation is 2. The number of rotatable bonds is 5. The number of anilines is 1. The number of hydrogen-bond acceptors (Lipinski definition) is 4. The van der Waals surface area contributed by atoms with Crippen LogP contribution in [0.4, 0.5) is 5.69 Å². The second-order valence-corrected chi connectivity index (χ2v) is 6.32. The first-order valence-corrected chi connectivity index (χ1v) is 8.49. The smallest absolute Gasteiger partial charge is 0.249 e. The van der Waals surface area contributed by atoms with Crippen molar-refractivity contribution >= 4 is 11.6 Å². The number of tetrazole rings is 1. The molecule has 4 rings (SSSR count). The summed E-state index contributed by atoms with van der Waals surface area (Å²) in [6.45, 7) is 0. The zero-order valence-corrected chi connectivity index (χ0v) is 13.8. The lowest BCUT2D eigenvalue weighted by atomic mass is 10.0. The van der Waals surface area contributed by atoms with Crippen molar-refractivity contribution in [1.82, 2.24) is 20.2 Å². The summed E-state index contributed by atoms with van der Waals surface area (Å²) < 4.78 is 1.51. The molecule has 0 spiro atoms. The van der Waals surface area contributed by atoms with E-state index >= 15 is 0 Å². The highest BCUT2D eigenvalue weighted by Gasteiger charge is 2.23. The lowest BCUT2D eigenvalue weighted by Gasteiger charge is -2.17. The van der Waals surface area contributed by atoms with Crippen LogP contribution >= 0.6 is 0 Å². The Morgan fingerprint density at radius 1 is 1.12 bits per heavy atom. The van der Waals surface area contributed by atoms with Gasteiger partial charge in [0.15, 0.2) is 0 Å². The quantitative estimate of drug-likeness (QED) is 0.779. The van der Waals surface area contributed by atoms with Crippen LogP contribution in [0.1, 0.15) is 29.2 Å². The highest BCUT2D eigenvalue weighted by Crippen LogP contribution is 2.25. The maximum absolute atomic E-state index is 12.9. The number of nitrogens with zero attached hydrogens (tertiary/aromatic N) is 4. The predicted molar refractivity (Wildman–Crippen MR) is 94.1 cm³/mol. The number of aromatic nitrogens is 4. The van der Waals surface area contributed by atoms with Gasteiger partial charge in [0.05, 0.1) is 0 Å². The SMILES string of the molecule is O=C(Nc1ccc2c(c1)CCC2)C(Cc1ccccc1)n1cnnn1. The number of nitrogens with one attached hydrogen (secondary N) is 1. The van der Waals surface area contributed by atoms with Crippen molar-refractivity contribution in [2.45, 2.75) is 31.7 Å². The molecule has 0 bridgehead atoms. The van der Waals surface area contributed by atoms with E-state index < -0.39 is 6.04 Å².